The van der Waals surface area contributed by atoms with Gasteiger partial charge in [-0.05, 0) is 32.4 Å². The molecule has 7 heteroatoms. The maximum Gasteiger partial charge on any atom is 0.242 e. The van der Waals surface area contributed by atoms with Crippen molar-refractivity contribution in [2.75, 3.05) is 20.2 Å². The molecule has 0 bridgehead atoms. The number of aromatic amines is 1. The summed E-state index contributed by atoms with van der Waals surface area (Å²) in [6.45, 7) is 1.68. The summed E-state index contributed by atoms with van der Waals surface area (Å²) in [4.78, 5) is 3.21. The molecule has 1 aromatic rings. The van der Waals surface area contributed by atoms with Gasteiger partial charge in [-0.2, -0.15) is 0 Å². The summed E-state index contributed by atoms with van der Waals surface area (Å²) in [5.74, 6) is 0. The van der Waals surface area contributed by atoms with Crippen LogP contribution in [0.2, 0.25) is 0 Å². The van der Waals surface area contributed by atoms with Crippen molar-refractivity contribution in [2.24, 2.45) is 0 Å². The van der Waals surface area contributed by atoms with Crippen LogP contribution in [0.3, 0.4) is 0 Å². The minimum Gasteiger partial charge on any atom is -0.377 e. The largest absolute Gasteiger partial charge is 0.377 e. The number of H-pyrrole nitrogens is 1. The number of nitrogens with one attached hydrogen (secondary N) is 3. The first-order valence-corrected chi connectivity index (χ1v) is 8.03. The van der Waals surface area contributed by atoms with E-state index in [0.717, 1.165) is 31.6 Å². The van der Waals surface area contributed by atoms with E-state index < -0.39 is 10.0 Å². The minimum atomic E-state index is -3.45. The average molecular weight is 287 g/mol. The number of hydrogen-bond acceptors (Lipinski definition) is 4. The molecule has 2 rings (SSSR count). The Labute approximate surface area is 114 Å². The lowest BCUT2D eigenvalue weighted by Crippen LogP contribution is -2.35. The predicted octanol–water partition coefficient (Wildman–Crippen LogP) is 0.582. The zero-order valence-corrected chi connectivity index (χ0v) is 11.9. The highest BCUT2D eigenvalue weighted by Crippen LogP contribution is 2.14. The number of aromatic nitrogens is 1. The molecule has 1 saturated heterocycles. The maximum atomic E-state index is 12.1. The smallest absolute Gasteiger partial charge is 0.242 e. The van der Waals surface area contributed by atoms with Crippen LogP contribution in [0.1, 0.15) is 25.0 Å². The quantitative estimate of drug-likeness (QED) is 0.715. The zero-order valence-electron chi connectivity index (χ0n) is 11.1. The van der Waals surface area contributed by atoms with Crippen LogP contribution in [0.15, 0.2) is 17.2 Å². The van der Waals surface area contributed by atoms with Crippen molar-refractivity contribution in [3.05, 3.63) is 18.0 Å². The second-order valence-corrected chi connectivity index (χ2v) is 6.50. The zero-order chi connectivity index (χ0) is 13.7. The Kier molecular flexibility index (Phi) is 4.98. The highest BCUT2D eigenvalue weighted by molar-refractivity contribution is 7.89. The summed E-state index contributed by atoms with van der Waals surface area (Å²) < 4.78 is 32.3. The van der Waals surface area contributed by atoms with Crippen LogP contribution >= 0.6 is 0 Å². The lowest BCUT2D eigenvalue weighted by atomic mass is 10.1. The van der Waals surface area contributed by atoms with Crippen LogP contribution in [0.25, 0.3) is 0 Å². The Hall–Kier alpha value is -0.890. The van der Waals surface area contributed by atoms with Crippen molar-refractivity contribution in [1.82, 2.24) is 15.0 Å². The summed E-state index contributed by atoms with van der Waals surface area (Å²) in [6, 6.07) is 1.64. The lowest BCUT2D eigenvalue weighted by Gasteiger charge is -2.22. The minimum absolute atomic E-state index is 0.000698. The molecule has 0 saturated carbocycles. The summed E-state index contributed by atoms with van der Waals surface area (Å²) in [7, 11) is -1.63. The van der Waals surface area contributed by atoms with E-state index >= 15 is 0 Å². The third-order valence-corrected chi connectivity index (χ3v) is 4.57. The highest BCUT2D eigenvalue weighted by atomic mass is 32.2. The summed E-state index contributed by atoms with van der Waals surface area (Å²) in [5.41, 5.74) is 0.844. The molecule has 1 aliphatic heterocycles. The highest BCUT2D eigenvalue weighted by Gasteiger charge is 2.20. The summed E-state index contributed by atoms with van der Waals surface area (Å²) >= 11 is 0. The number of ether oxygens (including phenoxy) is 1. The van der Waals surface area contributed by atoms with Gasteiger partial charge in [0.2, 0.25) is 10.0 Å². The predicted molar refractivity (Wildman–Crippen MR) is 72.3 cm³/mol. The van der Waals surface area contributed by atoms with Crippen molar-refractivity contribution < 1.29 is 13.2 Å². The molecule has 1 atom stereocenters. The first-order chi connectivity index (χ1) is 9.12. The van der Waals surface area contributed by atoms with E-state index in [1.165, 1.54) is 6.20 Å². The van der Waals surface area contributed by atoms with Gasteiger partial charge in [0.25, 0.3) is 0 Å². The Balaban J connectivity index is 1.92. The van der Waals surface area contributed by atoms with Gasteiger partial charge < -0.3 is 15.0 Å². The van der Waals surface area contributed by atoms with Crippen LogP contribution in [0.5, 0.6) is 0 Å². The van der Waals surface area contributed by atoms with Gasteiger partial charge in [0.05, 0.1) is 11.0 Å². The summed E-state index contributed by atoms with van der Waals surface area (Å²) in [6.07, 6.45) is 4.59. The summed E-state index contributed by atoms with van der Waals surface area (Å²) in [5, 5.41) is 2.97. The van der Waals surface area contributed by atoms with E-state index in [-0.39, 0.29) is 11.0 Å². The number of sulfonamides is 1. The van der Waals surface area contributed by atoms with E-state index in [4.69, 9.17) is 4.74 Å². The topological polar surface area (TPSA) is 83.2 Å². The number of rotatable bonds is 6. The molecule has 3 N–H and O–H groups in total. The Bertz CT molecular complexity index is 492. The fourth-order valence-electron chi connectivity index (χ4n) is 2.12. The monoisotopic (exact) mass is 287 g/mol. The second-order valence-electron chi connectivity index (χ2n) is 4.73. The molecular formula is C12H21N3O3S. The fraction of sp³-hybridized carbons (Fsp3) is 0.667. The molecule has 0 spiro atoms. The van der Waals surface area contributed by atoms with Crippen LogP contribution in [0, 0.1) is 0 Å². The molecule has 0 amide bonds. The SMILES string of the molecule is CNCc1cc(S(=O)(=O)NCC2CCCCO2)c[nH]1. The van der Waals surface area contributed by atoms with Crippen molar-refractivity contribution in [3.63, 3.8) is 0 Å². The third kappa shape index (κ3) is 4.04. The van der Waals surface area contributed by atoms with Crippen LogP contribution in [0.4, 0.5) is 0 Å². The molecule has 6 nitrogen and oxygen atoms in total. The van der Waals surface area contributed by atoms with E-state index in [9.17, 15) is 8.42 Å². The lowest BCUT2D eigenvalue weighted by molar-refractivity contribution is 0.0200. The molecule has 1 aliphatic rings. The van der Waals surface area contributed by atoms with Gasteiger partial charge in [0.1, 0.15) is 0 Å². The van der Waals surface area contributed by atoms with E-state index in [1.54, 1.807) is 6.07 Å². The first kappa shape index (κ1) is 14.5. The Morgan fingerprint density at radius 2 is 2.32 bits per heavy atom. The van der Waals surface area contributed by atoms with Crippen molar-refractivity contribution in [3.8, 4) is 0 Å². The van der Waals surface area contributed by atoms with E-state index in [0.29, 0.717) is 13.1 Å². The van der Waals surface area contributed by atoms with Gasteiger partial charge in [-0.15, -0.1) is 0 Å². The molecule has 1 aromatic heterocycles. The van der Waals surface area contributed by atoms with E-state index in [2.05, 4.69) is 15.0 Å². The van der Waals surface area contributed by atoms with Crippen molar-refractivity contribution >= 4 is 10.0 Å². The van der Waals surface area contributed by atoms with Gasteiger partial charge in [0.15, 0.2) is 0 Å². The molecule has 2 heterocycles. The molecule has 0 aliphatic carbocycles. The Morgan fingerprint density at radius 3 is 3.00 bits per heavy atom. The molecular weight excluding hydrogens is 266 g/mol. The molecule has 0 aromatic carbocycles. The van der Waals surface area contributed by atoms with Gasteiger partial charge in [-0.1, -0.05) is 0 Å². The van der Waals surface area contributed by atoms with Crippen LogP contribution in [-0.4, -0.2) is 39.7 Å². The third-order valence-electron chi connectivity index (χ3n) is 3.17. The van der Waals surface area contributed by atoms with Gasteiger partial charge in [0, 0.05) is 31.6 Å². The van der Waals surface area contributed by atoms with Crippen LogP contribution in [-0.2, 0) is 21.3 Å². The van der Waals surface area contributed by atoms with Crippen molar-refractivity contribution in [1.29, 1.82) is 0 Å². The standard InChI is InChI=1S/C12H21N3O3S/c1-13-7-10-6-12(9-14-10)19(16,17)15-8-11-4-2-3-5-18-11/h6,9,11,13-15H,2-5,7-8H2,1H3. The number of hydrogen-bond donors (Lipinski definition) is 3. The van der Waals surface area contributed by atoms with Crippen LogP contribution < -0.4 is 10.0 Å². The molecule has 1 fully saturated rings. The fourth-order valence-corrected chi connectivity index (χ4v) is 3.20. The molecule has 1 unspecified atom stereocenters. The van der Waals surface area contributed by atoms with Gasteiger partial charge in [-0.25, -0.2) is 13.1 Å². The molecule has 19 heavy (non-hydrogen) atoms. The normalized spacial score (nSPS) is 20.6. The molecule has 108 valence electrons. The van der Waals surface area contributed by atoms with E-state index in [1.807, 2.05) is 7.05 Å². The Morgan fingerprint density at radius 1 is 1.47 bits per heavy atom. The molecule has 0 radical (unpaired) electrons. The second kappa shape index (κ2) is 6.51. The van der Waals surface area contributed by atoms with Crippen molar-refractivity contribution in [2.45, 2.75) is 36.8 Å². The first-order valence-electron chi connectivity index (χ1n) is 6.55. The van der Waals surface area contributed by atoms with Gasteiger partial charge in [-0.3, -0.25) is 0 Å². The van der Waals surface area contributed by atoms with Gasteiger partial charge >= 0.3 is 0 Å². The maximum absolute atomic E-state index is 12.1. The average Bonchev–Trinajstić information content (AvgIpc) is 2.88.